The van der Waals surface area contributed by atoms with Crippen molar-refractivity contribution in [3.63, 3.8) is 0 Å². The Morgan fingerprint density at radius 2 is 2.17 bits per heavy atom. The van der Waals surface area contributed by atoms with Gasteiger partial charge in [-0.25, -0.2) is 0 Å². The number of nitrogens with zero attached hydrogens (tertiary/aromatic N) is 1. The molecule has 0 radical (unpaired) electrons. The van der Waals surface area contributed by atoms with Crippen LogP contribution in [0.2, 0.25) is 0 Å². The predicted molar refractivity (Wildman–Crippen MR) is 98.4 cm³/mol. The second-order valence-corrected chi connectivity index (χ2v) is 6.63. The fourth-order valence-electron chi connectivity index (χ4n) is 3.34. The first kappa shape index (κ1) is 18.8. The van der Waals surface area contributed by atoms with Crippen molar-refractivity contribution in [2.24, 2.45) is 0 Å². The number of rotatable bonds is 9. The van der Waals surface area contributed by atoms with Crippen molar-refractivity contribution >= 4 is 5.91 Å². The average Bonchev–Trinajstić information content (AvgIpc) is 2.59. The number of nitrogens with one attached hydrogen (secondary N) is 1. The molecule has 1 unspecified atom stereocenters. The maximum atomic E-state index is 12.0. The molecule has 1 heterocycles. The van der Waals surface area contributed by atoms with Crippen LogP contribution < -0.4 is 10.1 Å². The van der Waals surface area contributed by atoms with Gasteiger partial charge in [-0.15, -0.1) is 0 Å². The fraction of sp³-hybridized carbons (Fsp3) is 0.650. The summed E-state index contributed by atoms with van der Waals surface area (Å²) in [6, 6.07) is 8.67. The van der Waals surface area contributed by atoms with Gasteiger partial charge >= 0.3 is 0 Å². The number of benzene rings is 1. The van der Waals surface area contributed by atoms with Gasteiger partial charge in [-0.1, -0.05) is 24.6 Å². The molecule has 2 rings (SSSR count). The van der Waals surface area contributed by atoms with Crippen LogP contribution in [0.4, 0.5) is 0 Å². The van der Waals surface area contributed by atoms with Crippen molar-refractivity contribution in [2.75, 3.05) is 26.2 Å². The molecule has 0 aromatic heterocycles. The Morgan fingerprint density at radius 3 is 2.96 bits per heavy atom. The lowest BCUT2D eigenvalue weighted by atomic mass is 10.0. The van der Waals surface area contributed by atoms with E-state index in [1.807, 2.05) is 31.2 Å². The van der Waals surface area contributed by atoms with Gasteiger partial charge in [0, 0.05) is 25.6 Å². The normalized spacial score (nSPS) is 18.3. The summed E-state index contributed by atoms with van der Waals surface area (Å²) >= 11 is 0. The molecule has 1 aliphatic rings. The van der Waals surface area contributed by atoms with Gasteiger partial charge in [-0.05, 0) is 57.7 Å². The van der Waals surface area contributed by atoms with Gasteiger partial charge in [-0.2, -0.15) is 0 Å². The van der Waals surface area contributed by atoms with E-state index >= 15 is 0 Å². The number of para-hydroxylation sites is 1. The standard InChI is InChI=1S/C20H32N2O2/c1-3-24-19-11-5-4-10-18(19)12-13-20(23)21-14-8-16-22-15-7-6-9-17(22)2/h4-5,10-11,17H,3,6-9,12-16H2,1-2H3,(H,21,23). The van der Waals surface area contributed by atoms with Crippen LogP contribution in [0, 0.1) is 0 Å². The Kier molecular flexibility index (Phi) is 8.10. The zero-order valence-corrected chi connectivity index (χ0v) is 15.2. The molecule has 134 valence electrons. The summed E-state index contributed by atoms with van der Waals surface area (Å²) in [6.45, 7) is 8.02. The van der Waals surface area contributed by atoms with E-state index in [4.69, 9.17) is 4.74 Å². The minimum Gasteiger partial charge on any atom is -0.494 e. The monoisotopic (exact) mass is 332 g/mol. The van der Waals surface area contributed by atoms with Crippen molar-refractivity contribution < 1.29 is 9.53 Å². The van der Waals surface area contributed by atoms with E-state index in [0.29, 0.717) is 19.1 Å². The van der Waals surface area contributed by atoms with Gasteiger partial charge < -0.3 is 15.0 Å². The van der Waals surface area contributed by atoms with E-state index in [9.17, 15) is 4.79 Å². The number of carbonyl (C=O) groups is 1. The van der Waals surface area contributed by atoms with Gasteiger partial charge in [0.2, 0.25) is 5.91 Å². The van der Waals surface area contributed by atoms with Gasteiger partial charge in [0.1, 0.15) is 5.75 Å². The van der Waals surface area contributed by atoms with Crippen molar-refractivity contribution in [1.82, 2.24) is 10.2 Å². The third kappa shape index (κ3) is 6.16. The summed E-state index contributed by atoms with van der Waals surface area (Å²) in [5, 5.41) is 3.05. The molecule has 1 atom stereocenters. The Hall–Kier alpha value is -1.55. The molecule has 0 saturated carbocycles. The highest BCUT2D eigenvalue weighted by molar-refractivity contribution is 5.76. The Bertz CT molecular complexity index is 504. The molecule has 0 spiro atoms. The molecule has 1 saturated heterocycles. The Balaban J connectivity index is 1.63. The topological polar surface area (TPSA) is 41.6 Å². The summed E-state index contributed by atoms with van der Waals surface area (Å²) in [4.78, 5) is 14.6. The minimum absolute atomic E-state index is 0.132. The number of hydrogen-bond donors (Lipinski definition) is 1. The van der Waals surface area contributed by atoms with Crippen molar-refractivity contribution in [3.05, 3.63) is 29.8 Å². The van der Waals surface area contributed by atoms with E-state index in [1.54, 1.807) is 0 Å². The van der Waals surface area contributed by atoms with Gasteiger partial charge in [-0.3, -0.25) is 4.79 Å². The van der Waals surface area contributed by atoms with Crippen LogP contribution in [-0.4, -0.2) is 43.1 Å². The van der Waals surface area contributed by atoms with Crippen LogP contribution in [0.25, 0.3) is 0 Å². The number of aryl methyl sites for hydroxylation is 1. The number of piperidine rings is 1. The molecule has 4 heteroatoms. The van der Waals surface area contributed by atoms with Crippen molar-refractivity contribution in [3.8, 4) is 5.75 Å². The third-order valence-corrected chi connectivity index (χ3v) is 4.78. The first-order chi connectivity index (χ1) is 11.7. The maximum Gasteiger partial charge on any atom is 0.220 e. The average molecular weight is 332 g/mol. The molecule has 24 heavy (non-hydrogen) atoms. The molecule has 0 aliphatic carbocycles. The first-order valence-corrected chi connectivity index (χ1v) is 9.42. The summed E-state index contributed by atoms with van der Waals surface area (Å²) < 4.78 is 5.61. The first-order valence-electron chi connectivity index (χ1n) is 9.42. The van der Waals surface area contributed by atoms with Crippen LogP contribution in [-0.2, 0) is 11.2 Å². The smallest absolute Gasteiger partial charge is 0.220 e. The lowest BCUT2D eigenvalue weighted by molar-refractivity contribution is -0.121. The number of carbonyl (C=O) groups excluding carboxylic acids is 1. The molecule has 1 aromatic carbocycles. The molecular weight excluding hydrogens is 300 g/mol. The van der Waals surface area contributed by atoms with Crippen LogP contribution in [0.1, 0.15) is 51.5 Å². The van der Waals surface area contributed by atoms with Crippen molar-refractivity contribution in [2.45, 2.75) is 58.4 Å². The number of amides is 1. The highest BCUT2D eigenvalue weighted by Gasteiger charge is 2.17. The quantitative estimate of drug-likeness (QED) is 0.705. The second-order valence-electron chi connectivity index (χ2n) is 6.63. The van der Waals surface area contributed by atoms with E-state index in [2.05, 4.69) is 17.1 Å². The minimum atomic E-state index is 0.132. The highest BCUT2D eigenvalue weighted by Crippen LogP contribution is 2.19. The van der Waals surface area contributed by atoms with Crippen molar-refractivity contribution in [1.29, 1.82) is 0 Å². The molecule has 4 nitrogen and oxygen atoms in total. The van der Waals surface area contributed by atoms with Crippen LogP contribution >= 0.6 is 0 Å². The Labute approximate surface area is 146 Å². The molecule has 1 aliphatic heterocycles. The summed E-state index contributed by atoms with van der Waals surface area (Å²) in [6.07, 6.45) is 6.26. The SMILES string of the molecule is CCOc1ccccc1CCC(=O)NCCCN1CCCCC1C. The van der Waals surface area contributed by atoms with E-state index < -0.39 is 0 Å². The molecule has 1 aromatic rings. The zero-order valence-electron chi connectivity index (χ0n) is 15.2. The molecule has 1 fully saturated rings. The molecule has 1 N–H and O–H groups in total. The van der Waals surface area contributed by atoms with Gasteiger partial charge in [0.05, 0.1) is 6.61 Å². The zero-order chi connectivity index (χ0) is 17.2. The van der Waals surface area contributed by atoms with E-state index in [0.717, 1.165) is 37.2 Å². The lowest BCUT2D eigenvalue weighted by Gasteiger charge is -2.33. The number of hydrogen-bond acceptors (Lipinski definition) is 3. The molecule has 1 amide bonds. The highest BCUT2D eigenvalue weighted by atomic mass is 16.5. The Morgan fingerprint density at radius 1 is 1.33 bits per heavy atom. The summed E-state index contributed by atoms with van der Waals surface area (Å²) in [7, 11) is 0. The molecule has 0 bridgehead atoms. The van der Waals surface area contributed by atoms with E-state index in [-0.39, 0.29) is 5.91 Å². The third-order valence-electron chi connectivity index (χ3n) is 4.78. The number of likely N-dealkylation sites (tertiary alicyclic amines) is 1. The second kappa shape index (κ2) is 10.3. The molecular formula is C20H32N2O2. The van der Waals surface area contributed by atoms with E-state index in [1.165, 1.54) is 25.8 Å². The van der Waals surface area contributed by atoms with Crippen LogP contribution in [0.3, 0.4) is 0 Å². The number of ether oxygens (including phenoxy) is 1. The summed E-state index contributed by atoms with van der Waals surface area (Å²) in [5.74, 6) is 1.03. The van der Waals surface area contributed by atoms with Crippen LogP contribution in [0.5, 0.6) is 5.75 Å². The lowest BCUT2D eigenvalue weighted by Crippen LogP contribution is -2.39. The fourth-order valence-corrected chi connectivity index (χ4v) is 3.34. The van der Waals surface area contributed by atoms with Crippen LogP contribution in [0.15, 0.2) is 24.3 Å². The summed E-state index contributed by atoms with van der Waals surface area (Å²) in [5.41, 5.74) is 1.11. The van der Waals surface area contributed by atoms with Gasteiger partial charge in [0.15, 0.2) is 0 Å². The predicted octanol–water partition coefficient (Wildman–Crippen LogP) is 3.40. The van der Waals surface area contributed by atoms with Gasteiger partial charge in [0.25, 0.3) is 0 Å². The maximum absolute atomic E-state index is 12.0. The largest absolute Gasteiger partial charge is 0.494 e.